The number of amides is 1. The van der Waals surface area contributed by atoms with E-state index in [1.807, 2.05) is 55.5 Å². The molecule has 0 atom stereocenters. The van der Waals surface area contributed by atoms with E-state index in [0.29, 0.717) is 19.6 Å². The monoisotopic (exact) mass is 347 g/mol. The molecule has 0 saturated carbocycles. The third-order valence-corrected chi connectivity index (χ3v) is 3.48. The Labute approximate surface area is 133 Å². The minimum Gasteiger partial charge on any atom is -0.492 e. The van der Waals surface area contributed by atoms with Crippen LogP contribution in [0.1, 0.15) is 11.1 Å². The third kappa shape index (κ3) is 5.60. The summed E-state index contributed by atoms with van der Waals surface area (Å²) in [6, 6.07) is 15.6. The van der Waals surface area contributed by atoms with E-state index < -0.39 is 0 Å². The molecule has 0 spiro atoms. The van der Waals surface area contributed by atoms with Gasteiger partial charge in [-0.15, -0.1) is 0 Å². The zero-order valence-electron chi connectivity index (χ0n) is 11.9. The number of carbonyl (C=O) groups is 1. The van der Waals surface area contributed by atoms with E-state index in [-0.39, 0.29) is 5.91 Å². The zero-order chi connectivity index (χ0) is 15.1. The predicted molar refractivity (Wildman–Crippen MR) is 87.5 cm³/mol. The van der Waals surface area contributed by atoms with Crippen LogP contribution in [0.4, 0.5) is 0 Å². The van der Waals surface area contributed by atoms with Crippen molar-refractivity contribution in [2.45, 2.75) is 13.3 Å². The van der Waals surface area contributed by atoms with Crippen LogP contribution >= 0.6 is 15.9 Å². The van der Waals surface area contributed by atoms with Crippen LogP contribution in [-0.4, -0.2) is 19.1 Å². The summed E-state index contributed by atoms with van der Waals surface area (Å²) in [4.78, 5) is 11.8. The normalized spacial score (nSPS) is 10.2. The van der Waals surface area contributed by atoms with Crippen molar-refractivity contribution in [1.29, 1.82) is 0 Å². The number of aryl methyl sites for hydroxylation is 1. The molecule has 2 rings (SSSR count). The topological polar surface area (TPSA) is 38.3 Å². The van der Waals surface area contributed by atoms with Crippen LogP contribution in [0.2, 0.25) is 0 Å². The smallest absolute Gasteiger partial charge is 0.224 e. The van der Waals surface area contributed by atoms with Gasteiger partial charge in [-0.3, -0.25) is 4.79 Å². The first kappa shape index (κ1) is 15.6. The highest BCUT2D eigenvalue weighted by molar-refractivity contribution is 9.10. The Morgan fingerprint density at radius 3 is 2.67 bits per heavy atom. The van der Waals surface area contributed by atoms with Gasteiger partial charge in [-0.2, -0.15) is 0 Å². The average Bonchev–Trinajstić information content (AvgIpc) is 2.45. The molecular weight excluding hydrogens is 330 g/mol. The van der Waals surface area contributed by atoms with Gasteiger partial charge in [0, 0.05) is 4.47 Å². The highest BCUT2D eigenvalue weighted by Gasteiger charge is 2.03. The van der Waals surface area contributed by atoms with Crippen molar-refractivity contribution in [3.8, 4) is 5.75 Å². The summed E-state index contributed by atoms with van der Waals surface area (Å²) in [5.74, 6) is 0.811. The standard InChI is InChI=1S/C17H18BrNO2/c1-13-3-2-4-14(11-13)12-17(20)19-9-10-21-16-7-5-15(18)6-8-16/h2-8,11H,9-10,12H2,1H3,(H,19,20). The summed E-state index contributed by atoms with van der Waals surface area (Å²) in [5.41, 5.74) is 2.19. The van der Waals surface area contributed by atoms with Crippen LogP contribution in [0.5, 0.6) is 5.75 Å². The van der Waals surface area contributed by atoms with Gasteiger partial charge in [0.25, 0.3) is 0 Å². The van der Waals surface area contributed by atoms with Crippen molar-refractivity contribution in [2.24, 2.45) is 0 Å². The van der Waals surface area contributed by atoms with E-state index in [1.54, 1.807) is 0 Å². The lowest BCUT2D eigenvalue weighted by molar-refractivity contribution is -0.120. The molecular formula is C17H18BrNO2. The first-order valence-electron chi connectivity index (χ1n) is 6.84. The summed E-state index contributed by atoms with van der Waals surface area (Å²) in [7, 11) is 0. The molecule has 0 aliphatic rings. The molecule has 21 heavy (non-hydrogen) atoms. The molecule has 4 heteroatoms. The third-order valence-electron chi connectivity index (χ3n) is 2.95. The summed E-state index contributed by atoms with van der Waals surface area (Å²) in [5, 5.41) is 2.86. The molecule has 0 heterocycles. The lowest BCUT2D eigenvalue weighted by Gasteiger charge is -2.08. The summed E-state index contributed by atoms with van der Waals surface area (Å²) in [6.45, 7) is 2.98. The number of halogens is 1. The lowest BCUT2D eigenvalue weighted by atomic mass is 10.1. The molecule has 0 aromatic heterocycles. The second kappa shape index (κ2) is 7.84. The Balaban J connectivity index is 1.68. The largest absolute Gasteiger partial charge is 0.492 e. The molecule has 2 aromatic carbocycles. The fraction of sp³-hybridized carbons (Fsp3) is 0.235. The van der Waals surface area contributed by atoms with Crippen LogP contribution in [-0.2, 0) is 11.2 Å². The van der Waals surface area contributed by atoms with Crippen molar-refractivity contribution < 1.29 is 9.53 Å². The number of carbonyl (C=O) groups excluding carboxylic acids is 1. The first-order chi connectivity index (χ1) is 10.1. The molecule has 0 aliphatic heterocycles. The Hall–Kier alpha value is -1.81. The van der Waals surface area contributed by atoms with E-state index in [4.69, 9.17) is 4.74 Å². The SMILES string of the molecule is Cc1cccc(CC(=O)NCCOc2ccc(Br)cc2)c1. The second-order valence-corrected chi connectivity index (χ2v) is 5.73. The quantitative estimate of drug-likeness (QED) is 0.812. The van der Waals surface area contributed by atoms with Crippen LogP contribution < -0.4 is 10.1 Å². The van der Waals surface area contributed by atoms with E-state index in [1.165, 1.54) is 5.56 Å². The Bertz CT molecular complexity index is 596. The highest BCUT2D eigenvalue weighted by atomic mass is 79.9. The van der Waals surface area contributed by atoms with E-state index in [0.717, 1.165) is 15.8 Å². The summed E-state index contributed by atoms with van der Waals surface area (Å²) < 4.78 is 6.56. The average molecular weight is 348 g/mol. The number of nitrogens with one attached hydrogen (secondary N) is 1. The van der Waals surface area contributed by atoms with Crippen molar-refractivity contribution in [3.63, 3.8) is 0 Å². The highest BCUT2D eigenvalue weighted by Crippen LogP contribution is 2.15. The molecule has 1 N–H and O–H groups in total. The molecule has 1 amide bonds. The van der Waals surface area contributed by atoms with Gasteiger partial charge in [-0.05, 0) is 36.8 Å². The van der Waals surface area contributed by atoms with Crippen LogP contribution in [0, 0.1) is 6.92 Å². The van der Waals surface area contributed by atoms with Gasteiger partial charge < -0.3 is 10.1 Å². The van der Waals surface area contributed by atoms with Gasteiger partial charge >= 0.3 is 0 Å². The van der Waals surface area contributed by atoms with Crippen LogP contribution in [0.15, 0.2) is 53.0 Å². The molecule has 0 unspecified atom stereocenters. The Morgan fingerprint density at radius 2 is 1.95 bits per heavy atom. The van der Waals surface area contributed by atoms with E-state index in [2.05, 4.69) is 21.2 Å². The molecule has 0 aliphatic carbocycles. The Kier molecular flexibility index (Phi) is 5.81. The minimum atomic E-state index is 0.0139. The molecule has 0 saturated heterocycles. The molecule has 0 fully saturated rings. The van der Waals surface area contributed by atoms with Crippen molar-refractivity contribution in [2.75, 3.05) is 13.2 Å². The van der Waals surface area contributed by atoms with Crippen molar-refractivity contribution in [3.05, 3.63) is 64.1 Å². The summed E-state index contributed by atoms with van der Waals surface area (Å²) >= 11 is 3.37. The molecule has 0 radical (unpaired) electrons. The van der Waals surface area contributed by atoms with Crippen molar-refractivity contribution >= 4 is 21.8 Å². The molecule has 110 valence electrons. The maximum Gasteiger partial charge on any atom is 0.224 e. The molecule has 3 nitrogen and oxygen atoms in total. The van der Waals surface area contributed by atoms with Gasteiger partial charge in [0.1, 0.15) is 12.4 Å². The first-order valence-corrected chi connectivity index (χ1v) is 7.63. The molecule has 0 bridgehead atoms. The van der Waals surface area contributed by atoms with Crippen LogP contribution in [0.25, 0.3) is 0 Å². The fourth-order valence-electron chi connectivity index (χ4n) is 1.96. The minimum absolute atomic E-state index is 0.0139. The van der Waals surface area contributed by atoms with Crippen molar-refractivity contribution in [1.82, 2.24) is 5.32 Å². The van der Waals surface area contributed by atoms with Gasteiger partial charge in [-0.25, -0.2) is 0 Å². The van der Waals surface area contributed by atoms with Crippen LogP contribution in [0.3, 0.4) is 0 Å². The zero-order valence-corrected chi connectivity index (χ0v) is 13.5. The maximum absolute atomic E-state index is 11.8. The summed E-state index contributed by atoms with van der Waals surface area (Å²) in [6.07, 6.45) is 0.403. The number of benzene rings is 2. The predicted octanol–water partition coefficient (Wildman–Crippen LogP) is 3.50. The second-order valence-electron chi connectivity index (χ2n) is 4.82. The van der Waals surface area contributed by atoms with Gasteiger partial charge in [0.05, 0.1) is 13.0 Å². The number of hydrogen-bond acceptors (Lipinski definition) is 2. The van der Waals surface area contributed by atoms with Gasteiger partial charge in [-0.1, -0.05) is 45.8 Å². The van der Waals surface area contributed by atoms with Gasteiger partial charge in [0.2, 0.25) is 5.91 Å². The molecule has 2 aromatic rings. The number of hydrogen-bond donors (Lipinski definition) is 1. The van der Waals surface area contributed by atoms with Gasteiger partial charge in [0.15, 0.2) is 0 Å². The van der Waals surface area contributed by atoms with E-state index in [9.17, 15) is 4.79 Å². The maximum atomic E-state index is 11.8. The fourth-order valence-corrected chi connectivity index (χ4v) is 2.22. The van der Waals surface area contributed by atoms with E-state index >= 15 is 0 Å². The Morgan fingerprint density at radius 1 is 1.19 bits per heavy atom. The number of rotatable bonds is 6. The lowest BCUT2D eigenvalue weighted by Crippen LogP contribution is -2.29. The number of ether oxygens (including phenoxy) is 1.